The zero-order chi connectivity index (χ0) is 13.2. The molecule has 0 saturated carbocycles. The molecule has 102 valence electrons. The van der Waals surface area contributed by atoms with Crippen LogP contribution in [0.4, 0.5) is 0 Å². The van der Waals surface area contributed by atoms with Crippen LogP contribution < -0.4 is 0 Å². The Morgan fingerprint density at radius 1 is 1.50 bits per heavy atom. The summed E-state index contributed by atoms with van der Waals surface area (Å²) in [5.41, 5.74) is 0.910. The van der Waals surface area contributed by atoms with Gasteiger partial charge in [0.15, 0.2) is 0 Å². The summed E-state index contributed by atoms with van der Waals surface area (Å²) in [4.78, 5) is 0. The third-order valence-corrected chi connectivity index (χ3v) is 3.69. The van der Waals surface area contributed by atoms with E-state index in [1.165, 1.54) is 0 Å². The van der Waals surface area contributed by atoms with Crippen molar-refractivity contribution in [2.75, 3.05) is 0 Å². The number of ether oxygens (including phenoxy) is 1. The lowest BCUT2D eigenvalue weighted by atomic mass is 9.91. The molecule has 1 aliphatic heterocycles. The minimum atomic E-state index is -0.266. The molecular weight excluding hydrogens is 228 g/mol. The van der Waals surface area contributed by atoms with Gasteiger partial charge in [-0.25, -0.2) is 0 Å². The van der Waals surface area contributed by atoms with Crippen LogP contribution in [0.3, 0.4) is 0 Å². The summed E-state index contributed by atoms with van der Waals surface area (Å²) in [6.07, 6.45) is 6.86. The molecular formula is C15H24O3. The first-order chi connectivity index (χ1) is 8.48. The molecule has 1 aromatic heterocycles. The Hall–Kier alpha value is -0.800. The first-order valence-corrected chi connectivity index (χ1v) is 6.86. The van der Waals surface area contributed by atoms with Crippen LogP contribution >= 0.6 is 0 Å². The SMILES string of the molecule is CC(C)CC(O)CC1(C)CCC(c2ccoc2)O1. The predicted molar refractivity (Wildman–Crippen MR) is 70.3 cm³/mol. The first-order valence-electron chi connectivity index (χ1n) is 6.86. The van der Waals surface area contributed by atoms with Crippen LogP contribution in [0.1, 0.15) is 58.1 Å². The fourth-order valence-corrected chi connectivity index (χ4v) is 2.87. The molecule has 1 fully saturated rings. The zero-order valence-corrected chi connectivity index (χ0v) is 11.6. The minimum Gasteiger partial charge on any atom is -0.472 e. The van der Waals surface area contributed by atoms with E-state index >= 15 is 0 Å². The highest BCUT2D eigenvalue weighted by Crippen LogP contribution is 2.42. The monoisotopic (exact) mass is 252 g/mol. The smallest absolute Gasteiger partial charge is 0.0960 e. The quantitative estimate of drug-likeness (QED) is 0.869. The Kier molecular flexibility index (Phi) is 4.13. The van der Waals surface area contributed by atoms with E-state index in [0.717, 1.165) is 31.2 Å². The van der Waals surface area contributed by atoms with Crippen LogP contribution in [0.5, 0.6) is 0 Å². The molecule has 1 saturated heterocycles. The number of hydrogen-bond donors (Lipinski definition) is 1. The Bertz CT molecular complexity index is 358. The maximum absolute atomic E-state index is 10.1. The van der Waals surface area contributed by atoms with Crippen molar-refractivity contribution in [1.29, 1.82) is 0 Å². The van der Waals surface area contributed by atoms with Crippen molar-refractivity contribution in [1.82, 2.24) is 0 Å². The maximum atomic E-state index is 10.1. The van der Waals surface area contributed by atoms with Gasteiger partial charge in [0.2, 0.25) is 0 Å². The molecule has 18 heavy (non-hydrogen) atoms. The first kappa shape index (κ1) is 13.6. The number of furan rings is 1. The van der Waals surface area contributed by atoms with E-state index in [9.17, 15) is 5.11 Å². The molecule has 3 heteroatoms. The Labute approximate surface area is 109 Å². The molecule has 1 N–H and O–H groups in total. The summed E-state index contributed by atoms with van der Waals surface area (Å²) in [5.74, 6) is 0.523. The van der Waals surface area contributed by atoms with E-state index in [4.69, 9.17) is 9.15 Å². The molecule has 0 spiro atoms. The normalized spacial score (nSPS) is 29.9. The minimum absolute atomic E-state index is 0.125. The molecule has 1 aromatic rings. The van der Waals surface area contributed by atoms with Crippen LogP contribution in [-0.2, 0) is 4.74 Å². The number of rotatable bonds is 5. The van der Waals surface area contributed by atoms with Gasteiger partial charge in [0.25, 0.3) is 0 Å². The maximum Gasteiger partial charge on any atom is 0.0960 e. The Morgan fingerprint density at radius 2 is 2.28 bits per heavy atom. The van der Waals surface area contributed by atoms with Crippen molar-refractivity contribution in [3.63, 3.8) is 0 Å². The summed E-state index contributed by atoms with van der Waals surface area (Å²) in [5, 5.41) is 10.1. The van der Waals surface area contributed by atoms with Gasteiger partial charge in [0, 0.05) is 12.0 Å². The highest BCUT2D eigenvalue weighted by atomic mass is 16.5. The Morgan fingerprint density at radius 3 is 2.89 bits per heavy atom. The summed E-state index contributed by atoms with van der Waals surface area (Å²) >= 11 is 0. The molecule has 2 rings (SSSR count). The fraction of sp³-hybridized carbons (Fsp3) is 0.733. The molecule has 2 heterocycles. The summed E-state index contributed by atoms with van der Waals surface area (Å²) in [6.45, 7) is 6.38. The second-order valence-corrected chi connectivity index (χ2v) is 6.14. The lowest BCUT2D eigenvalue weighted by molar-refractivity contribution is -0.0602. The van der Waals surface area contributed by atoms with E-state index in [-0.39, 0.29) is 17.8 Å². The third kappa shape index (κ3) is 3.36. The topological polar surface area (TPSA) is 42.6 Å². The van der Waals surface area contributed by atoms with Gasteiger partial charge >= 0.3 is 0 Å². The summed E-state index contributed by atoms with van der Waals surface area (Å²) < 4.78 is 11.2. The second-order valence-electron chi connectivity index (χ2n) is 6.14. The van der Waals surface area contributed by atoms with E-state index in [1.54, 1.807) is 12.5 Å². The van der Waals surface area contributed by atoms with E-state index in [0.29, 0.717) is 5.92 Å². The van der Waals surface area contributed by atoms with E-state index in [2.05, 4.69) is 20.8 Å². The average molecular weight is 252 g/mol. The van der Waals surface area contributed by atoms with Crippen LogP contribution in [0.2, 0.25) is 0 Å². The fourth-order valence-electron chi connectivity index (χ4n) is 2.87. The molecule has 1 aliphatic rings. The van der Waals surface area contributed by atoms with Crippen LogP contribution in [-0.4, -0.2) is 16.8 Å². The van der Waals surface area contributed by atoms with Gasteiger partial charge in [-0.2, -0.15) is 0 Å². The zero-order valence-electron chi connectivity index (χ0n) is 11.6. The molecule has 0 amide bonds. The number of aliphatic hydroxyl groups excluding tert-OH is 1. The van der Waals surface area contributed by atoms with Gasteiger partial charge in [-0.15, -0.1) is 0 Å². The number of aliphatic hydroxyl groups is 1. The van der Waals surface area contributed by atoms with Crippen LogP contribution in [0.25, 0.3) is 0 Å². The van der Waals surface area contributed by atoms with Crippen molar-refractivity contribution in [2.24, 2.45) is 5.92 Å². The second kappa shape index (κ2) is 5.45. The van der Waals surface area contributed by atoms with Gasteiger partial charge < -0.3 is 14.3 Å². The molecule has 0 bridgehead atoms. The highest BCUT2D eigenvalue weighted by molar-refractivity contribution is 5.12. The van der Waals surface area contributed by atoms with E-state index < -0.39 is 0 Å². The standard InChI is InChI=1S/C15H24O3/c1-11(2)8-13(16)9-15(3)6-4-14(18-15)12-5-7-17-10-12/h5,7,10-11,13-14,16H,4,6,8-9H2,1-3H3. The largest absolute Gasteiger partial charge is 0.472 e. The van der Waals surface area contributed by atoms with Gasteiger partial charge in [-0.05, 0) is 38.2 Å². The molecule has 3 atom stereocenters. The van der Waals surface area contributed by atoms with Gasteiger partial charge in [0.1, 0.15) is 0 Å². The highest BCUT2D eigenvalue weighted by Gasteiger charge is 2.38. The Balaban J connectivity index is 1.90. The molecule has 0 radical (unpaired) electrons. The van der Waals surface area contributed by atoms with Crippen molar-refractivity contribution in [3.8, 4) is 0 Å². The molecule has 0 aliphatic carbocycles. The summed E-state index contributed by atoms with van der Waals surface area (Å²) in [6, 6.07) is 1.96. The summed E-state index contributed by atoms with van der Waals surface area (Å²) in [7, 11) is 0. The predicted octanol–water partition coefficient (Wildman–Crippen LogP) is 3.69. The van der Waals surface area contributed by atoms with Gasteiger partial charge in [-0.1, -0.05) is 13.8 Å². The van der Waals surface area contributed by atoms with Gasteiger partial charge in [-0.3, -0.25) is 0 Å². The van der Waals surface area contributed by atoms with E-state index in [1.807, 2.05) is 6.07 Å². The average Bonchev–Trinajstić information content (AvgIpc) is 2.84. The van der Waals surface area contributed by atoms with Crippen LogP contribution in [0, 0.1) is 5.92 Å². The molecule has 3 unspecified atom stereocenters. The van der Waals surface area contributed by atoms with Gasteiger partial charge in [0.05, 0.1) is 30.3 Å². The molecule has 0 aromatic carbocycles. The van der Waals surface area contributed by atoms with Crippen molar-refractivity contribution in [3.05, 3.63) is 24.2 Å². The third-order valence-electron chi connectivity index (χ3n) is 3.69. The van der Waals surface area contributed by atoms with Crippen molar-refractivity contribution < 1.29 is 14.3 Å². The molecule has 3 nitrogen and oxygen atoms in total. The van der Waals surface area contributed by atoms with Crippen LogP contribution in [0.15, 0.2) is 23.0 Å². The lowest BCUT2D eigenvalue weighted by Gasteiger charge is -2.28. The number of hydrogen-bond acceptors (Lipinski definition) is 3. The van der Waals surface area contributed by atoms with Crippen molar-refractivity contribution >= 4 is 0 Å². The lowest BCUT2D eigenvalue weighted by Crippen LogP contribution is -2.30. The van der Waals surface area contributed by atoms with Crippen molar-refractivity contribution in [2.45, 2.75) is 64.3 Å².